The lowest BCUT2D eigenvalue weighted by atomic mass is 9.83. The van der Waals surface area contributed by atoms with Crippen LogP contribution in [0.2, 0.25) is 0 Å². The number of anilines is 1. The number of nitrogens with zero attached hydrogens (tertiary/aromatic N) is 3. The van der Waals surface area contributed by atoms with Crippen molar-refractivity contribution in [2.75, 3.05) is 18.4 Å². The van der Waals surface area contributed by atoms with Crippen molar-refractivity contribution in [1.29, 1.82) is 0 Å². The lowest BCUT2D eigenvalue weighted by molar-refractivity contribution is 0.0178. The Morgan fingerprint density at radius 3 is 2.40 bits per heavy atom. The van der Waals surface area contributed by atoms with Crippen LogP contribution in [0, 0.1) is 6.92 Å². The molecule has 5 rings (SSSR count). The van der Waals surface area contributed by atoms with Gasteiger partial charge in [0, 0.05) is 24.7 Å². The molecule has 4 heterocycles. The number of carbonyl (C=O) groups is 2. The second-order valence-electron chi connectivity index (χ2n) is 10.2. The van der Waals surface area contributed by atoms with Gasteiger partial charge in [0.2, 0.25) is 0 Å². The van der Waals surface area contributed by atoms with Crippen LogP contribution < -0.4 is 5.32 Å². The summed E-state index contributed by atoms with van der Waals surface area (Å²) >= 11 is 0. The summed E-state index contributed by atoms with van der Waals surface area (Å²) in [7, 11) is -3.87. The van der Waals surface area contributed by atoms with E-state index in [4.69, 9.17) is 4.74 Å². The third-order valence-corrected chi connectivity index (χ3v) is 8.24. The first-order valence-electron chi connectivity index (χ1n) is 11.5. The van der Waals surface area contributed by atoms with E-state index in [-0.39, 0.29) is 16.3 Å². The van der Waals surface area contributed by atoms with Crippen molar-refractivity contribution in [1.82, 2.24) is 13.9 Å². The largest absolute Gasteiger partial charge is 0.444 e. The van der Waals surface area contributed by atoms with Crippen LogP contribution in [0.3, 0.4) is 0 Å². The van der Waals surface area contributed by atoms with Crippen molar-refractivity contribution in [2.45, 2.75) is 56.6 Å². The molecule has 9 nitrogen and oxygen atoms in total. The van der Waals surface area contributed by atoms with Gasteiger partial charge in [-0.2, -0.15) is 0 Å². The van der Waals surface area contributed by atoms with Crippen molar-refractivity contribution >= 4 is 38.6 Å². The smallest absolute Gasteiger partial charge is 0.410 e. The standard InChI is InChI=1S/C25H28N4O5S/c1-16-5-7-17(8-6-16)35(32,33)29-12-9-18-20-19(15-26-22(18)29)27-25(21(20)30)10-13-28(14-11-25)23(31)34-24(2,3)4/h5-9,12,15,27H,10-11,13-14H2,1-4H3. The molecular formula is C25H28N4O5S. The van der Waals surface area contributed by atoms with Crippen molar-refractivity contribution in [3.63, 3.8) is 0 Å². The molecule has 0 radical (unpaired) electrons. The summed E-state index contributed by atoms with van der Waals surface area (Å²) < 4.78 is 33.1. The number of carbonyl (C=O) groups excluding carboxylic acids is 2. The number of Topliss-reactive ketones (excluding diaryl/α,β-unsaturated/α-hetero) is 1. The van der Waals surface area contributed by atoms with E-state index in [0.717, 1.165) is 9.54 Å². The van der Waals surface area contributed by atoms with Crippen molar-refractivity contribution in [3.05, 3.63) is 53.9 Å². The lowest BCUT2D eigenvalue weighted by Gasteiger charge is -2.38. The molecule has 35 heavy (non-hydrogen) atoms. The number of pyridine rings is 1. The molecule has 1 fully saturated rings. The van der Waals surface area contributed by atoms with E-state index >= 15 is 0 Å². The number of likely N-dealkylation sites (tertiary alicyclic amines) is 1. The second kappa shape index (κ2) is 7.81. The highest BCUT2D eigenvalue weighted by atomic mass is 32.2. The summed E-state index contributed by atoms with van der Waals surface area (Å²) in [6.45, 7) is 8.09. The number of ether oxygens (including phenoxy) is 1. The Labute approximate surface area is 204 Å². The van der Waals surface area contributed by atoms with E-state index in [9.17, 15) is 18.0 Å². The Morgan fingerprint density at radius 1 is 1.11 bits per heavy atom. The highest BCUT2D eigenvalue weighted by molar-refractivity contribution is 7.90. The van der Waals surface area contributed by atoms with Crippen LogP contribution in [0.5, 0.6) is 0 Å². The van der Waals surface area contributed by atoms with Crippen LogP contribution in [0.15, 0.2) is 47.6 Å². The number of nitrogens with one attached hydrogen (secondary N) is 1. The summed E-state index contributed by atoms with van der Waals surface area (Å²) in [5.41, 5.74) is 0.749. The first-order valence-corrected chi connectivity index (χ1v) is 13.0. The Kier molecular flexibility index (Phi) is 5.21. The van der Waals surface area contributed by atoms with Gasteiger partial charge in [0.25, 0.3) is 10.0 Å². The minimum Gasteiger partial charge on any atom is -0.444 e. The number of fused-ring (bicyclic) bond motifs is 3. The summed E-state index contributed by atoms with van der Waals surface area (Å²) in [4.78, 5) is 32.3. The molecule has 1 amide bonds. The zero-order chi connectivity index (χ0) is 25.2. The Balaban J connectivity index is 1.44. The fraction of sp³-hybridized carbons (Fsp3) is 0.400. The quantitative estimate of drug-likeness (QED) is 0.572. The highest BCUT2D eigenvalue weighted by Gasteiger charge is 2.49. The van der Waals surface area contributed by atoms with Crippen molar-refractivity contribution < 1.29 is 22.7 Å². The SMILES string of the molecule is Cc1ccc(S(=O)(=O)n2ccc3c4c(cnc32)NC2(CCN(C(=O)OC(C)(C)C)CC2)C4=O)cc1. The first kappa shape index (κ1) is 23.3. The van der Waals surface area contributed by atoms with Crippen LogP contribution in [0.4, 0.5) is 10.5 Å². The highest BCUT2D eigenvalue weighted by Crippen LogP contribution is 2.42. The topological polar surface area (TPSA) is 111 Å². The molecule has 10 heteroatoms. The number of benzene rings is 1. The molecule has 0 bridgehead atoms. The number of ketones is 1. The van der Waals surface area contributed by atoms with E-state index in [0.29, 0.717) is 42.6 Å². The van der Waals surface area contributed by atoms with Gasteiger partial charge in [-0.05, 0) is 58.7 Å². The molecule has 1 saturated heterocycles. The van der Waals surface area contributed by atoms with E-state index in [1.54, 1.807) is 35.2 Å². The Bertz CT molecular complexity index is 1440. The zero-order valence-electron chi connectivity index (χ0n) is 20.2. The third-order valence-electron chi connectivity index (χ3n) is 6.56. The molecule has 184 valence electrons. The fourth-order valence-electron chi connectivity index (χ4n) is 4.72. The normalized spacial score (nSPS) is 17.5. The summed E-state index contributed by atoms with van der Waals surface area (Å²) in [5, 5.41) is 3.82. The van der Waals surface area contributed by atoms with Crippen LogP contribution in [-0.2, 0) is 14.8 Å². The Hall–Kier alpha value is -3.40. The van der Waals surface area contributed by atoms with Gasteiger partial charge in [-0.3, -0.25) is 4.79 Å². The molecular weight excluding hydrogens is 468 g/mol. The van der Waals surface area contributed by atoms with Crippen LogP contribution in [0.25, 0.3) is 11.0 Å². The van der Waals surface area contributed by atoms with E-state index in [1.165, 1.54) is 12.4 Å². The van der Waals surface area contributed by atoms with Crippen molar-refractivity contribution in [2.24, 2.45) is 0 Å². The molecule has 1 N–H and O–H groups in total. The number of aryl methyl sites for hydroxylation is 1. The number of piperidine rings is 1. The van der Waals surface area contributed by atoms with E-state index in [1.807, 2.05) is 27.7 Å². The lowest BCUT2D eigenvalue weighted by Crippen LogP contribution is -2.53. The molecule has 2 aliphatic rings. The van der Waals surface area contributed by atoms with Gasteiger partial charge in [0.1, 0.15) is 11.1 Å². The Morgan fingerprint density at radius 2 is 1.77 bits per heavy atom. The predicted molar refractivity (Wildman–Crippen MR) is 131 cm³/mol. The van der Waals surface area contributed by atoms with E-state index in [2.05, 4.69) is 10.3 Å². The minimum absolute atomic E-state index is 0.103. The first-order chi connectivity index (χ1) is 16.4. The maximum atomic E-state index is 13.7. The molecule has 3 aromatic rings. The zero-order valence-corrected chi connectivity index (χ0v) is 21.0. The molecule has 1 spiro atoms. The number of amides is 1. The molecule has 0 aliphatic carbocycles. The number of hydrogen-bond donors (Lipinski definition) is 1. The molecule has 0 saturated carbocycles. The molecule has 2 aliphatic heterocycles. The van der Waals surface area contributed by atoms with Crippen LogP contribution >= 0.6 is 0 Å². The van der Waals surface area contributed by atoms with Gasteiger partial charge in [0.05, 0.1) is 22.3 Å². The second-order valence-corrected chi connectivity index (χ2v) is 12.0. The summed E-state index contributed by atoms with van der Waals surface area (Å²) in [6.07, 6.45) is 3.41. The summed E-state index contributed by atoms with van der Waals surface area (Å²) in [5.74, 6) is -0.103. The average Bonchev–Trinajstić information content (AvgIpc) is 3.33. The van der Waals surface area contributed by atoms with E-state index < -0.39 is 27.3 Å². The van der Waals surface area contributed by atoms with Gasteiger partial charge in [-0.25, -0.2) is 22.2 Å². The van der Waals surface area contributed by atoms with Gasteiger partial charge in [-0.15, -0.1) is 0 Å². The summed E-state index contributed by atoms with van der Waals surface area (Å²) in [6, 6.07) is 8.23. The van der Waals surface area contributed by atoms with Crippen LogP contribution in [0.1, 0.15) is 49.5 Å². The maximum absolute atomic E-state index is 13.7. The predicted octanol–water partition coefficient (Wildman–Crippen LogP) is 3.96. The van der Waals surface area contributed by atoms with Gasteiger partial charge >= 0.3 is 6.09 Å². The monoisotopic (exact) mass is 496 g/mol. The molecule has 0 atom stereocenters. The van der Waals surface area contributed by atoms with Gasteiger partial charge in [-0.1, -0.05) is 17.7 Å². The van der Waals surface area contributed by atoms with Gasteiger partial charge in [0.15, 0.2) is 11.4 Å². The maximum Gasteiger partial charge on any atom is 0.410 e. The van der Waals surface area contributed by atoms with Crippen LogP contribution in [-0.4, -0.2) is 58.4 Å². The minimum atomic E-state index is -3.87. The van der Waals surface area contributed by atoms with Crippen molar-refractivity contribution in [3.8, 4) is 0 Å². The average molecular weight is 497 g/mol. The number of aromatic nitrogens is 2. The van der Waals surface area contributed by atoms with Gasteiger partial charge < -0.3 is 15.0 Å². The molecule has 0 unspecified atom stereocenters. The third kappa shape index (κ3) is 3.85. The number of hydrogen-bond acceptors (Lipinski definition) is 7. The molecule has 2 aromatic heterocycles. The fourth-order valence-corrected chi connectivity index (χ4v) is 6.02. The molecule has 1 aromatic carbocycles. The number of rotatable bonds is 2.